The zero-order valence-electron chi connectivity index (χ0n) is 12.0. The van der Waals surface area contributed by atoms with Gasteiger partial charge in [-0.2, -0.15) is 0 Å². The first-order valence-corrected chi connectivity index (χ1v) is 6.99. The summed E-state index contributed by atoms with van der Waals surface area (Å²) in [6.07, 6.45) is -0.738. The van der Waals surface area contributed by atoms with Gasteiger partial charge in [0.15, 0.2) is 0 Å². The lowest BCUT2D eigenvalue weighted by Crippen LogP contribution is -2.10. The van der Waals surface area contributed by atoms with Crippen LogP contribution in [-0.4, -0.2) is 14.7 Å². The van der Waals surface area contributed by atoms with Crippen LogP contribution in [0.25, 0.3) is 11.0 Å². The molecule has 3 rings (SSSR count). The molecule has 0 aliphatic rings. The number of hydrogen-bond acceptors (Lipinski definition) is 2. The second-order valence-electron chi connectivity index (χ2n) is 5.32. The van der Waals surface area contributed by atoms with E-state index in [1.54, 1.807) is 0 Å². The third kappa shape index (κ3) is 2.60. The fourth-order valence-corrected chi connectivity index (χ4v) is 2.52. The van der Waals surface area contributed by atoms with Gasteiger partial charge in [-0.25, -0.2) is 4.98 Å². The van der Waals surface area contributed by atoms with Crippen molar-refractivity contribution < 1.29 is 5.11 Å². The summed E-state index contributed by atoms with van der Waals surface area (Å²) in [5.41, 5.74) is 3.78. The largest absolute Gasteiger partial charge is 0.380 e. The molecule has 0 unspecified atom stereocenters. The van der Waals surface area contributed by atoms with Gasteiger partial charge in [-0.1, -0.05) is 54.6 Å². The molecule has 1 N–H and O–H groups in total. The number of fused-ring (bicyclic) bond motifs is 1. The SMILES string of the molecule is C=C(C)Cn1c([C@H](O)c2ccccc2)nc2ccccc21. The lowest BCUT2D eigenvalue weighted by Gasteiger charge is -2.14. The molecule has 3 heteroatoms. The molecule has 0 amide bonds. The number of nitrogens with zero attached hydrogens (tertiary/aromatic N) is 2. The van der Waals surface area contributed by atoms with E-state index in [-0.39, 0.29) is 0 Å². The molecule has 0 bridgehead atoms. The number of imidazole rings is 1. The molecule has 0 radical (unpaired) electrons. The van der Waals surface area contributed by atoms with Crippen LogP contribution in [0.2, 0.25) is 0 Å². The van der Waals surface area contributed by atoms with Crippen molar-refractivity contribution >= 4 is 11.0 Å². The summed E-state index contributed by atoms with van der Waals surface area (Å²) in [6, 6.07) is 17.5. The second kappa shape index (κ2) is 5.54. The first-order chi connectivity index (χ1) is 10.2. The number of para-hydroxylation sites is 2. The maximum Gasteiger partial charge on any atom is 0.143 e. The molecular weight excluding hydrogens is 260 g/mol. The van der Waals surface area contributed by atoms with Gasteiger partial charge in [0.1, 0.15) is 11.9 Å². The molecule has 0 aliphatic heterocycles. The molecule has 0 saturated carbocycles. The van der Waals surface area contributed by atoms with Crippen LogP contribution in [-0.2, 0) is 6.54 Å². The number of aliphatic hydroxyl groups excluding tert-OH is 1. The van der Waals surface area contributed by atoms with Gasteiger partial charge in [0.25, 0.3) is 0 Å². The van der Waals surface area contributed by atoms with Gasteiger partial charge < -0.3 is 9.67 Å². The van der Waals surface area contributed by atoms with Gasteiger partial charge in [-0.3, -0.25) is 0 Å². The Labute approximate surface area is 124 Å². The summed E-state index contributed by atoms with van der Waals surface area (Å²) in [4.78, 5) is 4.61. The Kier molecular flexibility index (Phi) is 3.59. The Morgan fingerprint density at radius 1 is 1.14 bits per heavy atom. The monoisotopic (exact) mass is 278 g/mol. The Bertz CT molecular complexity index is 774. The fourth-order valence-electron chi connectivity index (χ4n) is 2.52. The highest BCUT2D eigenvalue weighted by molar-refractivity contribution is 5.76. The molecule has 0 fully saturated rings. The van der Waals surface area contributed by atoms with Crippen molar-refractivity contribution in [1.29, 1.82) is 0 Å². The van der Waals surface area contributed by atoms with E-state index in [9.17, 15) is 5.11 Å². The van der Waals surface area contributed by atoms with Crippen LogP contribution in [0.3, 0.4) is 0 Å². The smallest absolute Gasteiger partial charge is 0.143 e. The molecule has 3 aromatic rings. The Morgan fingerprint density at radius 3 is 2.52 bits per heavy atom. The first-order valence-electron chi connectivity index (χ1n) is 6.99. The summed E-state index contributed by atoms with van der Waals surface area (Å²) in [7, 11) is 0. The van der Waals surface area contributed by atoms with Crippen LogP contribution in [0.4, 0.5) is 0 Å². The number of rotatable bonds is 4. The first kappa shape index (κ1) is 13.6. The normalized spacial score (nSPS) is 12.5. The molecule has 106 valence electrons. The molecule has 0 aliphatic carbocycles. The van der Waals surface area contributed by atoms with E-state index in [0.717, 1.165) is 22.2 Å². The highest BCUT2D eigenvalue weighted by atomic mass is 16.3. The Hall–Kier alpha value is -2.39. The van der Waals surface area contributed by atoms with Gasteiger partial charge >= 0.3 is 0 Å². The van der Waals surface area contributed by atoms with E-state index in [4.69, 9.17) is 0 Å². The number of aliphatic hydroxyl groups is 1. The average Bonchev–Trinajstić information content (AvgIpc) is 2.86. The molecule has 3 nitrogen and oxygen atoms in total. The standard InChI is InChI=1S/C18H18N2O/c1-13(2)12-20-16-11-7-6-10-15(16)19-18(20)17(21)14-8-4-3-5-9-14/h3-11,17,21H,1,12H2,2H3/t17-/m1/s1. The highest BCUT2D eigenvalue weighted by Crippen LogP contribution is 2.26. The van der Waals surface area contributed by atoms with Crippen molar-refractivity contribution in [3.8, 4) is 0 Å². The van der Waals surface area contributed by atoms with Crippen LogP contribution < -0.4 is 0 Å². The summed E-state index contributed by atoms with van der Waals surface area (Å²) in [6.45, 7) is 6.61. The van der Waals surface area contributed by atoms with E-state index in [1.807, 2.05) is 66.1 Å². The van der Waals surface area contributed by atoms with E-state index in [2.05, 4.69) is 11.6 Å². The minimum Gasteiger partial charge on any atom is -0.380 e. The lowest BCUT2D eigenvalue weighted by atomic mass is 10.1. The number of benzene rings is 2. The van der Waals surface area contributed by atoms with Gasteiger partial charge in [0.05, 0.1) is 11.0 Å². The zero-order valence-corrected chi connectivity index (χ0v) is 12.0. The Morgan fingerprint density at radius 2 is 1.81 bits per heavy atom. The summed E-state index contributed by atoms with van der Waals surface area (Å²) in [5, 5.41) is 10.7. The van der Waals surface area contributed by atoms with E-state index in [1.165, 1.54) is 0 Å². The van der Waals surface area contributed by atoms with Crippen molar-refractivity contribution in [2.75, 3.05) is 0 Å². The topological polar surface area (TPSA) is 38.0 Å². The molecule has 1 atom stereocenters. The quantitative estimate of drug-likeness (QED) is 0.739. The van der Waals surface area contributed by atoms with Crippen molar-refractivity contribution in [3.63, 3.8) is 0 Å². The van der Waals surface area contributed by atoms with Gasteiger partial charge in [0, 0.05) is 6.54 Å². The van der Waals surface area contributed by atoms with Gasteiger partial charge in [-0.05, 0) is 24.6 Å². The van der Waals surface area contributed by atoms with Crippen LogP contribution in [0.15, 0.2) is 66.7 Å². The van der Waals surface area contributed by atoms with E-state index >= 15 is 0 Å². The summed E-state index contributed by atoms with van der Waals surface area (Å²) >= 11 is 0. The van der Waals surface area contributed by atoms with Crippen LogP contribution in [0.5, 0.6) is 0 Å². The van der Waals surface area contributed by atoms with Gasteiger partial charge in [-0.15, -0.1) is 0 Å². The molecule has 0 spiro atoms. The third-order valence-electron chi connectivity index (χ3n) is 3.47. The molecule has 2 aromatic carbocycles. The molecule has 1 heterocycles. The lowest BCUT2D eigenvalue weighted by molar-refractivity contribution is 0.206. The van der Waals surface area contributed by atoms with Crippen molar-refractivity contribution in [2.24, 2.45) is 0 Å². The van der Waals surface area contributed by atoms with Crippen LogP contribution in [0, 0.1) is 0 Å². The minimum absolute atomic E-state index is 0.653. The number of aromatic nitrogens is 2. The predicted octanol–water partition coefficient (Wildman–Crippen LogP) is 3.69. The van der Waals surface area contributed by atoms with Crippen molar-refractivity contribution in [2.45, 2.75) is 19.6 Å². The third-order valence-corrected chi connectivity index (χ3v) is 3.47. The molecule has 1 aromatic heterocycles. The number of hydrogen-bond donors (Lipinski definition) is 1. The molecule has 21 heavy (non-hydrogen) atoms. The Balaban J connectivity index is 2.15. The maximum absolute atomic E-state index is 10.7. The minimum atomic E-state index is -0.738. The highest BCUT2D eigenvalue weighted by Gasteiger charge is 2.19. The molecule has 0 saturated heterocycles. The van der Waals surface area contributed by atoms with Crippen molar-refractivity contribution in [3.05, 3.63) is 78.1 Å². The molecular formula is C18H18N2O. The van der Waals surface area contributed by atoms with Crippen LogP contribution in [0.1, 0.15) is 24.4 Å². The predicted molar refractivity (Wildman–Crippen MR) is 85.1 cm³/mol. The maximum atomic E-state index is 10.7. The number of allylic oxidation sites excluding steroid dienone is 1. The van der Waals surface area contributed by atoms with E-state index in [0.29, 0.717) is 12.4 Å². The second-order valence-corrected chi connectivity index (χ2v) is 5.32. The average molecular weight is 278 g/mol. The van der Waals surface area contributed by atoms with Crippen LogP contribution >= 0.6 is 0 Å². The van der Waals surface area contributed by atoms with E-state index < -0.39 is 6.10 Å². The zero-order chi connectivity index (χ0) is 14.8. The summed E-state index contributed by atoms with van der Waals surface area (Å²) in [5.74, 6) is 0.658. The van der Waals surface area contributed by atoms with Gasteiger partial charge in [0.2, 0.25) is 0 Å². The fraction of sp³-hybridized carbons (Fsp3) is 0.167. The van der Waals surface area contributed by atoms with Crippen molar-refractivity contribution in [1.82, 2.24) is 9.55 Å². The summed E-state index contributed by atoms with van der Waals surface area (Å²) < 4.78 is 2.04.